The highest BCUT2D eigenvalue weighted by molar-refractivity contribution is 6.31. The molecule has 76 valence electrons. The van der Waals surface area contributed by atoms with Gasteiger partial charge in [0.25, 0.3) is 0 Å². The van der Waals surface area contributed by atoms with Gasteiger partial charge in [0.1, 0.15) is 0 Å². The zero-order valence-electron chi connectivity index (χ0n) is 7.91. The molecule has 3 N–H and O–H groups in total. The van der Waals surface area contributed by atoms with E-state index in [0.29, 0.717) is 0 Å². The summed E-state index contributed by atoms with van der Waals surface area (Å²) in [7, 11) is 0. The van der Waals surface area contributed by atoms with E-state index in [1.807, 2.05) is 24.3 Å². The van der Waals surface area contributed by atoms with Crippen LogP contribution in [0, 0.1) is 0 Å². The summed E-state index contributed by atoms with van der Waals surface area (Å²) in [6, 6.07) is 7.56. The van der Waals surface area contributed by atoms with Crippen LogP contribution in [0.2, 0.25) is 5.02 Å². The summed E-state index contributed by atoms with van der Waals surface area (Å²) in [5, 5.41) is 9.85. The van der Waals surface area contributed by atoms with Crippen LogP contribution >= 0.6 is 11.6 Å². The zero-order valence-corrected chi connectivity index (χ0v) is 8.67. The molecule has 0 aliphatic heterocycles. The summed E-state index contributed by atoms with van der Waals surface area (Å²) in [6.45, 7) is 0.0191. The van der Waals surface area contributed by atoms with Crippen molar-refractivity contribution in [2.24, 2.45) is 5.73 Å². The molecule has 1 saturated carbocycles. The standard InChI is InChI=1S/C11H14ClNO/c12-9-4-2-1-3-8(9)11(5-6-11)10(13)7-14/h1-4,10,14H,5-7,13H2. The average molecular weight is 212 g/mol. The molecule has 0 heterocycles. The summed E-state index contributed by atoms with van der Waals surface area (Å²) in [6.07, 6.45) is 2.05. The van der Waals surface area contributed by atoms with Crippen molar-refractivity contribution in [1.29, 1.82) is 0 Å². The molecule has 3 heteroatoms. The number of benzene rings is 1. The molecule has 0 bridgehead atoms. The van der Waals surface area contributed by atoms with Crippen molar-refractivity contribution in [2.75, 3.05) is 6.61 Å². The predicted molar refractivity (Wildman–Crippen MR) is 57.4 cm³/mol. The second-order valence-corrected chi connectivity index (χ2v) is 4.33. The molecule has 0 spiro atoms. The van der Waals surface area contributed by atoms with E-state index in [1.54, 1.807) is 0 Å². The second-order valence-electron chi connectivity index (χ2n) is 3.93. The molecule has 0 aromatic heterocycles. The molecule has 1 aromatic carbocycles. The minimum absolute atomic E-state index is 0.0191. The molecule has 0 saturated heterocycles. The van der Waals surface area contributed by atoms with Crippen molar-refractivity contribution in [3.05, 3.63) is 34.9 Å². The minimum atomic E-state index is -0.192. The Morgan fingerprint density at radius 2 is 2.07 bits per heavy atom. The normalized spacial score (nSPS) is 20.5. The van der Waals surface area contributed by atoms with E-state index in [0.717, 1.165) is 23.4 Å². The molecule has 2 rings (SSSR count). The smallest absolute Gasteiger partial charge is 0.0591 e. The van der Waals surface area contributed by atoms with Gasteiger partial charge in [-0.05, 0) is 24.5 Å². The van der Waals surface area contributed by atoms with E-state index in [4.69, 9.17) is 22.4 Å². The quantitative estimate of drug-likeness (QED) is 0.800. The maximum Gasteiger partial charge on any atom is 0.0591 e. The van der Waals surface area contributed by atoms with Crippen molar-refractivity contribution >= 4 is 11.6 Å². The highest BCUT2D eigenvalue weighted by Gasteiger charge is 2.49. The lowest BCUT2D eigenvalue weighted by molar-refractivity contribution is 0.242. The Balaban J connectivity index is 2.35. The van der Waals surface area contributed by atoms with Crippen LogP contribution in [0.1, 0.15) is 18.4 Å². The van der Waals surface area contributed by atoms with Crippen molar-refractivity contribution < 1.29 is 5.11 Å². The van der Waals surface area contributed by atoms with Gasteiger partial charge in [-0.2, -0.15) is 0 Å². The highest BCUT2D eigenvalue weighted by Crippen LogP contribution is 2.52. The van der Waals surface area contributed by atoms with Gasteiger partial charge in [0.2, 0.25) is 0 Å². The minimum Gasteiger partial charge on any atom is -0.395 e. The number of aliphatic hydroxyl groups is 1. The number of aliphatic hydroxyl groups excluding tert-OH is 1. The van der Waals surface area contributed by atoms with E-state index in [1.165, 1.54) is 0 Å². The molecule has 1 aromatic rings. The molecule has 0 radical (unpaired) electrons. The Kier molecular flexibility index (Phi) is 2.52. The maximum absolute atomic E-state index is 9.09. The SMILES string of the molecule is NC(CO)C1(c2ccccc2Cl)CC1. The largest absolute Gasteiger partial charge is 0.395 e. The Bertz CT molecular complexity index is 336. The third-order valence-corrected chi connectivity index (χ3v) is 3.43. The van der Waals surface area contributed by atoms with Gasteiger partial charge in [-0.25, -0.2) is 0 Å². The molecule has 1 aliphatic carbocycles. The number of nitrogens with two attached hydrogens (primary N) is 1. The third kappa shape index (κ3) is 1.44. The Morgan fingerprint density at radius 3 is 2.57 bits per heavy atom. The Morgan fingerprint density at radius 1 is 1.43 bits per heavy atom. The van der Waals surface area contributed by atoms with Crippen LogP contribution < -0.4 is 5.73 Å². The first kappa shape index (κ1) is 9.97. The van der Waals surface area contributed by atoms with Gasteiger partial charge in [0.05, 0.1) is 6.61 Å². The first-order valence-corrected chi connectivity index (χ1v) is 5.20. The molecule has 1 aliphatic rings. The summed E-state index contributed by atoms with van der Waals surface area (Å²) >= 11 is 6.11. The monoisotopic (exact) mass is 211 g/mol. The third-order valence-electron chi connectivity index (χ3n) is 3.11. The van der Waals surface area contributed by atoms with E-state index in [2.05, 4.69) is 0 Å². The van der Waals surface area contributed by atoms with Crippen molar-refractivity contribution in [1.82, 2.24) is 0 Å². The van der Waals surface area contributed by atoms with Crippen LogP contribution in [-0.2, 0) is 5.41 Å². The highest BCUT2D eigenvalue weighted by atomic mass is 35.5. The fraction of sp³-hybridized carbons (Fsp3) is 0.455. The Hall–Kier alpha value is -0.570. The molecule has 1 fully saturated rings. The number of halogens is 1. The Labute approximate surface area is 88.7 Å². The lowest BCUT2D eigenvalue weighted by Gasteiger charge is -2.22. The van der Waals surface area contributed by atoms with Gasteiger partial charge in [-0.1, -0.05) is 29.8 Å². The summed E-state index contributed by atoms with van der Waals surface area (Å²) in [5.41, 5.74) is 6.93. The molecule has 14 heavy (non-hydrogen) atoms. The van der Waals surface area contributed by atoms with E-state index in [9.17, 15) is 0 Å². The maximum atomic E-state index is 9.09. The van der Waals surface area contributed by atoms with E-state index < -0.39 is 0 Å². The molecule has 1 unspecified atom stereocenters. The lowest BCUT2D eigenvalue weighted by Crippen LogP contribution is -2.38. The number of hydrogen-bond donors (Lipinski definition) is 2. The van der Waals surface area contributed by atoms with Crippen LogP contribution in [0.3, 0.4) is 0 Å². The molecule has 2 nitrogen and oxygen atoms in total. The first-order chi connectivity index (χ1) is 6.70. The van der Waals surface area contributed by atoms with Crippen LogP contribution in [0.25, 0.3) is 0 Å². The van der Waals surface area contributed by atoms with Gasteiger partial charge in [-0.15, -0.1) is 0 Å². The first-order valence-electron chi connectivity index (χ1n) is 4.82. The fourth-order valence-corrected chi connectivity index (χ4v) is 2.34. The molecular weight excluding hydrogens is 198 g/mol. The van der Waals surface area contributed by atoms with Gasteiger partial charge >= 0.3 is 0 Å². The summed E-state index contributed by atoms with van der Waals surface area (Å²) < 4.78 is 0. The lowest BCUT2D eigenvalue weighted by atomic mass is 9.89. The van der Waals surface area contributed by atoms with Gasteiger partial charge in [0, 0.05) is 16.5 Å². The van der Waals surface area contributed by atoms with Crippen LogP contribution in [0.4, 0.5) is 0 Å². The van der Waals surface area contributed by atoms with Gasteiger partial charge < -0.3 is 10.8 Å². The fourth-order valence-electron chi connectivity index (χ4n) is 2.01. The molecule has 0 amide bonds. The van der Waals surface area contributed by atoms with Crippen LogP contribution in [0.15, 0.2) is 24.3 Å². The molecule has 1 atom stereocenters. The van der Waals surface area contributed by atoms with Crippen molar-refractivity contribution in [3.8, 4) is 0 Å². The van der Waals surface area contributed by atoms with E-state index >= 15 is 0 Å². The number of rotatable bonds is 3. The van der Waals surface area contributed by atoms with Crippen LogP contribution in [-0.4, -0.2) is 17.8 Å². The summed E-state index contributed by atoms with van der Waals surface area (Å²) in [4.78, 5) is 0. The van der Waals surface area contributed by atoms with Gasteiger partial charge in [0.15, 0.2) is 0 Å². The van der Waals surface area contributed by atoms with E-state index in [-0.39, 0.29) is 18.1 Å². The van der Waals surface area contributed by atoms with Crippen molar-refractivity contribution in [2.45, 2.75) is 24.3 Å². The van der Waals surface area contributed by atoms with Crippen molar-refractivity contribution in [3.63, 3.8) is 0 Å². The molecular formula is C11H14ClNO. The average Bonchev–Trinajstić information content (AvgIpc) is 2.98. The summed E-state index contributed by atoms with van der Waals surface area (Å²) in [5.74, 6) is 0. The second kappa shape index (κ2) is 3.54. The predicted octanol–water partition coefficient (Wildman–Crippen LogP) is 1.69. The zero-order chi connectivity index (χ0) is 10.2. The topological polar surface area (TPSA) is 46.2 Å². The van der Waals surface area contributed by atoms with Gasteiger partial charge in [-0.3, -0.25) is 0 Å². The van der Waals surface area contributed by atoms with Crippen LogP contribution in [0.5, 0.6) is 0 Å². The number of hydrogen-bond acceptors (Lipinski definition) is 2.